The molecule has 1 aliphatic heterocycles. The third-order valence-electron chi connectivity index (χ3n) is 3.50. The van der Waals surface area contributed by atoms with Gasteiger partial charge in [-0.2, -0.15) is 5.26 Å². The minimum absolute atomic E-state index is 0.0207. The van der Waals surface area contributed by atoms with Crippen molar-refractivity contribution in [3.05, 3.63) is 21.9 Å². The van der Waals surface area contributed by atoms with Crippen molar-refractivity contribution in [2.75, 3.05) is 19.6 Å². The largest absolute Gasteiger partial charge is 0.354 e. The first-order chi connectivity index (χ1) is 9.26. The van der Waals surface area contributed by atoms with E-state index in [0.717, 1.165) is 19.4 Å². The second-order valence-electron chi connectivity index (χ2n) is 4.70. The molecular weight excluding hydrogens is 258 g/mol. The van der Waals surface area contributed by atoms with E-state index in [1.165, 1.54) is 10.4 Å². The molecule has 0 radical (unpaired) electrons. The van der Waals surface area contributed by atoms with Crippen LogP contribution >= 0.6 is 11.3 Å². The summed E-state index contributed by atoms with van der Waals surface area (Å²) >= 11 is 1.82. The van der Waals surface area contributed by atoms with Crippen molar-refractivity contribution in [2.45, 2.75) is 32.2 Å². The first kappa shape index (κ1) is 14.0. The molecule has 0 spiro atoms. The van der Waals surface area contributed by atoms with Gasteiger partial charge < -0.3 is 5.32 Å². The number of carbonyl (C=O) groups excluding carboxylic acids is 1. The number of nitrogens with zero attached hydrogens (tertiary/aromatic N) is 2. The molecule has 4 nitrogen and oxygen atoms in total. The molecule has 1 atom stereocenters. The molecule has 0 fully saturated rings. The number of amides is 1. The Morgan fingerprint density at radius 2 is 2.53 bits per heavy atom. The van der Waals surface area contributed by atoms with Crippen LogP contribution in [0.1, 0.15) is 36.2 Å². The highest BCUT2D eigenvalue weighted by atomic mass is 32.1. The van der Waals surface area contributed by atoms with Gasteiger partial charge in [-0.05, 0) is 29.9 Å². The molecule has 0 bridgehead atoms. The van der Waals surface area contributed by atoms with E-state index in [1.807, 2.05) is 17.4 Å². The summed E-state index contributed by atoms with van der Waals surface area (Å²) in [6.45, 7) is 3.98. The van der Waals surface area contributed by atoms with Crippen LogP contribution in [0, 0.1) is 11.3 Å². The third kappa shape index (κ3) is 3.34. The molecule has 2 heterocycles. The van der Waals surface area contributed by atoms with Crippen LogP contribution in [0.2, 0.25) is 0 Å². The molecule has 1 aromatic rings. The minimum Gasteiger partial charge on any atom is -0.354 e. The van der Waals surface area contributed by atoms with Crippen molar-refractivity contribution in [1.29, 1.82) is 5.26 Å². The highest BCUT2D eigenvalue weighted by molar-refractivity contribution is 7.10. The van der Waals surface area contributed by atoms with Crippen LogP contribution in [0.4, 0.5) is 0 Å². The maximum absolute atomic E-state index is 11.8. The first-order valence-electron chi connectivity index (χ1n) is 6.70. The number of hydrogen-bond acceptors (Lipinski definition) is 4. The Balaban J connectivity index is 1.94. The maximum Gasteiger partial charge on any atom is 0.234 e. The van der Waals surface area contributed by atoms with Gasteiger partial charge in [0, 0.05) is 24.0 Å². The fourth-order valence-corrected chi connectivity index (χ4v) is 3.54. The van der Waals surface area contributed by atoms with E-state index in [0.29, 0.717) is 25.6 Å². The summed E-state index contributed by atoms with van der Waals surface area (Å²) in [7, 11) is 0. The van der Waals surface area contributed by atoms with Gasteiger partial charge in [-0.15, -0.1) is 11.3 Å². The molecule has 1 N–H and O–H groups in total. The lowest BCUT2D eigenvalue weighted by Gasteiger charge is -2.34. The van der Waals surface area contributed by atoms with Gasteiger partial charge in [0.2, 0.25) is 5.91 Å². The Kier molecular flexibility index (Phi) is 4.94. The number of rotatable bonds is 5. The molecule has 0 saturated carbocycles. The molecule has 1 unspecified atom stereocenters. The Morgan fingerprint density at radius 1 is 1.68 bits per heavy atom. The van der Waals surface area contributed by atoms with Gasteiger partial charge in [0.05, 0.1) is 19.0 Å². The van der Waals surface area contributed by atoms with E-state index in [1.54, 1.807) is 0 Å². The smallest absolute Gasteiger partial charge is 0.234 e. The van der Waals surface area contributed by atoms with Gasteiger partial charge in [0.25, 0.3) is 0 Å². The zero-order chi connectivity index (χ0) is 13.7. The van der Waals surface area contributed by atoms with E-state index in [9.17, 15) is 4.79 Å². The molecular formula is C14H19N3OS. The third-order valence-corrected chi connectivity index (χ3v) is 4.49. The van der Waals surface area contributed by atoms with Crippen LogP contribution in [0.3, 0.4) is 0 Å². The second kappa shape index (κ2) is 6.69. The highest BCUT2D eigenvalue weighted by Crippen LogP contribution is 2.34. The number of fused-ring (bicyclic) bond motifs is 1. The summed E-state index contributed by atoms with van der Waals surface area (Å²) in [4.78, 5) is 15.6. The van der Waals surface area contributed by atoms with Gasteiger partial charge in [-0.3, -0.25) is 9.69 Å². The van der Waals surface area contributed by atoms with Crippen LogP contribution in [-0.4, -0.2) is 30.4 Å². The SMILES string of the molecule is CCC1c2ccsc2CCN1CC(=O)NCCC#N. The molecule has 0 aliphatic carbocycles. The van der Waals surface area contributed by atoms with Gasteiger partial charge in [-0.1, -0.05) is 6.92 Å². The summed E-state index contributed by atoms with van der Waals surface area (Å²) in [5.41, 5.74) is 1.39. The van der Waals surface area contributed by atoms with Crippen molar-refractivity contribution in [3.63, 3.8) is 0 Å². The van der Waals surface area contributed by atoms with Crippen LogP contribution in [0.15, 0.2) is 11.4 Å². The summed E-state index contributed by atoms with van der Waals surface area (Å²) in [6, 6.07) is 4.58. The quantitative estimate of drug-likeness (QED) is 0.838. The van der Waals surface area contributed by atoms with Gasteiger partial charge in [0.15, 0.2) is 0 Å². The summed E-state index contributed by atoms with van der Waals surface area (Å²) in [5, 5.41) is 13.4. The van der Waals surface area contributed by atoms with Crippen molar-refractivity contribution >= 4 is 17.2 Å². The Morgan fingerprint density at radius 3 is 3.26 bits per heavy atom. The fraction of sp³-hybridized carbons (Fsp3) is 0.571. The predicted octanol–water partition coefficient (Wildman–Crippen LogP) is 2.09. The Labute approximate surface area is 118 Å². The molecule has 5 heteroatoms. The molecule has 0 saturated heterocycles. The Hall–Kier alpha value is -1.38. The number of hydrogen-bond donors (Lipinski definition) is 1. The average molecular weight is 277 g/mol. The van der Waals surface area contributed by atoms with E-state index in [-0.39, 0.29) is 5.91 Å². The van der Waals surface area contributed by atoms with Crippen molar-refractivity contribution in [1.82, 2.24) is 10.2 Å². The van der Waals surface area contributed by atoms with Crippen LogP contribution < -0.4 is 5.32 Å². The predicted molar refractivity (Wildman–Crippen MR) is 75.9 cm³/mol. The van der Waals surface area contributed by atoms with Gasteiger partial charge >= 0.3 is 0 Å². The molecule has 1 amide bonds. The summed E-state index contributed by atoms with van der Waals surface area (Å²) < 4.78 is 0. The second-order valence-corrected chi connectivity index (χ2v) is 5.70. The van der Waals surface area contributed by atoms with E-state index in [2.05, 4.69) is 28.6 Å². The van der Waals surface area contributed by atoms with E-state index in [4.69, 9.17) is 5.26 Å². The monoisotopic (exact) mass is 277 g/mol. The topological polar surface area (TPSA) is 56.1 Å². The van der Waals surface area contributed by atoms with Crippen molar-refractivity contribution in [3.8, 4) is 6.07 Å². The fourth-order valence-electron chi connectivity index (χ4n) is 2.61. The molecule has 19 heavy (non-hydrogen) atoms. The maximum atomic E-state index is 11.8. The molecule has 1 aromatic heterocycles. The summed E-state index contributed by atoms with van der Waals surface area (Å²) in [5.74, 6) is 0.0207. The number of nitriles is 1. The van der Waals surface area contributed by atoms with E-state index < -0.39 is 0 Å². The highest BCUT2D eigenvalue weighted by Gasteiger charge is 2.27. The molecule has 0 aromatic carbocycles. The van der Waals surface area contributed by atoms with Crippen LogP contribution in [0.5, 0.6) is 0 Å². The molecule has 2 rings (SSSR count). The normalized spacial score (nSPS) is 18.6. The van der Waals surface area contributed by atoms with Crippen LogP contribution in [-0.2, 0) is 11.2 Å². The lowest BCUT2D eigenvalue weighted by atomic mass is 9.98. The Bertz CT molecular complexity index is 477. The van der Waals surface area contributed by atoms with Crippen LogP contribution in [0.25, 0.3) is 0 Å². The zero-order valence-electron chi connectivity index (χ0n) is 11.2. The van der Waals surface area contributed by atoms with Crippen molar-refractivity contribution in [2.24, 2.45) is 0 Å². The standard InChI is InChI=1S/C14H19N3OS/c1-2-12-11-5-9-19-13(11)4-8-17(12)10-14(18)16-7-3-6-15/h5,9,12H,2-4,7-8,10H2,1H3,(H,16,18). The molecule has 102 valence electrons. The lowest BCUT2D eigenvalue weighted by Crippen LogP contribution is -2.42. The first-order valence-corrected chi connectivity index (χ1v) is 7.58. The number of carbonyl (C=O) groups is 1. The molecule has 1 aliphatic rings. The van der Waals surface area contributed by atoms with Gasteiger partial charge in [0.1, 0.15) is 0 Å². The summed E-state index contributed by atoms with van der Waals surface area (Å²) in [6.07, 6.45) is 2.43. The number of thiophene rings is 1. The number of nitrogens with one attached hydrogen (secondary N) is 1. The van der Waals surface area contributed by atoms with Gasteiger partial charge in [-0.25, -0.2) is 0 Å². The zero-order valence-corrected chi connectivity index (χ0v) is 12.0. The van der Waals surface area contributed by atoms with Crippen molar-refractivity contribution < 1.29 is 4.79 Å². The minimum atomic E-state index is 0.0207. The van der Waals surface area contributed by atoms with E-state index >= 15 is 0 Å². The average Bonchev–Trinajstić information content (AvgIpc) is 2.87. The lowest BCUT2D eigenvalue weighted by molar-refractivity contribution is -0.122.